The standard InChI is InChI=1S/C11H17NO3/c1-10(2)9(11(10,3)4)12-7(13)5-6-8(14)15/h5-6,9H,1-4H3,(H,12,13)(H,14,15). The number of rotatable bonds is 3. The SMILES string of the molecule is CC1(C)C(NC(=O)C=CC(=O)O)C1(C)C. The summed E-state index contributed by atoms with van der Waals surface area (Å²) in [4.78, 5) is 21.5. The van der Waals surface area contributed by atoms with E-state index >= 15 is 0 Å². The van der Waals surface area contributed by atoms with Crippen molar-refractivity contribution in [1.29, 1.82) is 0 Å². The van der Waals surface area contributed by atoms with Crippen LogP contribution in [-0.4, -0.2) is 23.0 Å². The molecule has 0 aromatic heterocycles. The van der Waals surface area contributed by atoms with Gasteiger partial charge < -0.3 is 10.4 Å². The first-order valence-corrected chi connectivity index (χ1v) is 4.91. The number of carboxylic acid groups (broad SMARTS) is 1. The zero-order valence-corrected chi connectivity index (χ0v) is 9.50. The monoisotopic (exact) mass is 211 g/mol. The summed E-state index contributed by atoms with van der Waals surface area (Å²) in [7, 11) is 0. The van der Waals surface area contributed by atoms with Gasteiger partial charge in [0.15, 0.2) is 0 Å². The molecule has 0 unspecified atom stereocenters. The number of hydrogen-bond acceptors (Lipinski definition) is 2. The van der Waals surface area contributed by atoms with Crippen LogP contribution in [0.15, 0.2) is 12.2 Å². The second-order valence-electron chi connectivity index (χ2n) is 5.06. The molecule has 0 atom stereocenters. The Balaban J connectivity index is 2.53. The van der Waals surface area contributed by atoms with Crippen molar-refractivity contribution in [2.75, 3.05) is 0 Å². The molecule has 1 aliphatic rings. The van der Waals surface area contributed by atoms with Gasteiger partial charge in [0.2, 0.25) is 5.91 Å². The Morgan fingerprint density at radius 1 is 1.13 bits per heavy atom. The van der Waals surface area contributed by atoms with Gasteiger partial charge in [-0.15, -0.1) is 0 Å². The lowest BCUT2D eigenvalue weighted by molar-refractivity contribution is -0.131. The van der Waals surface area contributed by atoms with Crippen molar-refractivity contribution in [3.8, 4) is 0 Å². The van der Waals surface area contributed by atoms with Gasteiger partial charge in [0.1, 0.15) is 0 Å². The average molecular weight is 211 g/mol. The van der Waals surface area contributed by atoms with E-state index in [0.717, 1.165) is 12.2 Å². The van der Waals surface area contributed by atoms with Crippen LogP contribution in [0, 0.1) is 10.8 Å². The van der Waals surface area contributed by atoms with E-state index in [1.54, 1.807) is 0 Å². The smallest absolute Gasteiger partial charge is 0.328 e. The maximum atomic E-state index is 11.3. The third-order valence-corrected chi connectivity index (χ3v) is 3.68. The van der Waals surface area contributed by atoms with Crippen molar-refractivity contribution in [3.05, 3.63) is 12.2 Å². The van der Waals surface area contributed by atoms with Gasteiger partial charge in [0.05, 0.1) is 0 Å². The van der Waals surface area contributed by atoms with Gasteiger partial charge in [-0.1, -0.05) is 27.7 Å². The van der Waals surface area contributed by atoms with Crippen LogP contribution < -0.4 is 5.32 Å². The fraction of sp³-hybridized carbons (Fsp3) is 0.636. The minimum Gasteiger partial charge on any atom is -0.478 e. The van der Waals surface area contributed by atoms with Crippen molar-refractivity contribution < 1.29 is 14.7 Å². The number of nitrogens with one attached hydrogen (secondary N) is 1. The van der Waals surface area contributed by atoms with E-state index in [0.29, 0.717) is 0 Å². The average Bonchev–Trinajstić information content (AvgIpc) is 2.44. The number of carboxylic acids is 1. The third-order valence-electron chi connectivity index (χ3n) is 3.68. The van der Waals surface area contributed by atoms with Gasteiger partial charge in [-0.3, -0.25) is 4.79 Å². The van der Waals surface area contributed by atoms with Crippen LogP contribution in [0.25, 0.3) is 0 Å². The molecule has 4 heteroatoms. The molecular formula is C11H17NO3. The van der Waals surface area contributed by atoms with E-state index < -0.39 is 5.97 Å². The van der Waals surface area contributed by atoms with Crippen LogP contribution >= 0.6 is 0 Å². The molecule has 1 saturated carbocycles. The van der Waals surface area contributed by atoms with E-state index in [1.165, 1.54) is 0 Å². The van der Waals surface area contributed by atoms with Crippen LogP contribution in [0.1, 0.15) is 27.7 Å². The van der Waals surface area contributed by atoms with E-state index in [2.05, 4.69) is 33.0 Å². The second-order valence-corrected chi connectivity index (χ2v) is 5.06. The molecule has 15 heavy (non-hydrogen) atoms. The summed E-state index contributed by atoms with van der Waals surface area (Å²) in [5, 5.41) is 11.2. The predicted molar refractivity (Wildman–Crippen MR) is 56.3 cm³/mol. The number of amides is 1. The third kappa shape index (κ3) is 2.03. The lowest BCUT2D eigenvalue weighted by Gasteiger charge is -2.02. The Labute approximate surface area is 89.4 Å². The van der Waals surface area contributed by atoms with Gasteiger partial charge in [-0.2, -0.15) is 0 Å². The molecule has 4 nitrogen and oxygen atoms in total. The van der Waals surface area contributed by atoms with Crippen molar-refractivity contribution in [3.63, 3.8) is 0 Å². The largest absolute Gasteiger partial charge is 0.478 e. The summed E-state index contributed by atoms with van der Waals surface area (Å²) < 4.78 is 0. The Kier molecular flexibility index (Phi) is 2.63. The normalized spacial score (nSPS) is 22.7. The highest BCUT2D eigenvalue weighted by molar-refractivity contribution is 5.94. The first-order chi connectivity index (χ1) is 6.69. The molecule has 0 aromatic carbocycles. The van der Waals surface area contributed by atoms with Crippen molar-refractivity contribution in [2.45, 2.75) is 33.7 Å². The molecule has 0 radical (unpaired) electrons. The van der Waals surface area contributed by atoms with Gasteiger partial charge in [-0.25, -0.2) is 4.79 Å². The summed E-state index contributed by atoms with van der Waals surface area (Å²) in [6.07, 6.45) is 1.89. The number of aliphatic carboxylic acids is 1. The first-order valence-electron chi connectivity index (χ1n) is 4.91. The molecule has 0 saturated heterocycles. The maximum Gasteiger partial charge on any atom is 0.328 e. The molecule has 0 spiro atoms. The van der Waals surface area contributed by atoms with Crippen molar-refractivity contribution in [2.24, 2.45) is 10.8 Å². The molecule has 0 heterocycles. The molecule has 1 aliphatic carbocycles. The van der Waals surface area contributed by atoms with Crippen molar-refractivity contribution in [1.82, 2.24) is 5.32 Å². The molecule has 0 aromatic rings. The fourth-order valence-corrected chi connectivity index (χ4v) is 1.89. The Bertz CT molecular complexity index is 315. The molecule has 0 bridgehead atoms. The molecular weight excluding hydrogens is 194 g/mol. The number of carbonyl (C=O) groups excluding carboxylic acids is 1. The number of hydrogen-bond donors (Lipinski definition) is 2. The predicted octanol–water partition coefficient (Wildman–Crippen LogP) is 1.18. The highest BCUT2D eigenvalue weighted by Gasteiger charge is 2.65. The fourth-order valence-electron chi connectivity index (χ4n) is 1.89. The van der Waals surface area contributed by atoms with Crippen LogP contribution in [0.2, 0.25) is 0 Å². The topological polar surface area (TPSA) is 66.4 Å². The Hall–Kier alpha value is -1.32. The van der Waals surface area contributed by atoms with E-state index in [9.17, 15) is 9.59 Å². The highest BCUT2D eigenvalue weighted by atomic mass is 16.4. The zero-order valence-electron chi connectivity index (χ0n) is 9.50. The van der Waals surface area contributed by atoms with E-state index in [4.69, 9.17) is 5.11 Å². The van der Waals surface area contributed by atoms with Crippen LogP contribution in [0.3, 0.4) is 0 Å². The first kappa shape index (κ1) is 11.8. The summed E-state index contributed by atoms with van der Waals surface area (Å²) in [6, 6.07) is 0.107. The zero-order chi connectivity index (χ0) is 11.9. The number of carbonyl (C=O) groups is 2. The molecule has 0 aliphatic heterocycles. The minimum absolute atomic E-state index is 0.0692. The minimum atomic E-state index is -1.11. The van der Waals surface area contributed by atoms with Crippen LogP contribution in [0.5, 0.6) is 0 Å². The van der Waals surface area contributed by atoms with Gasteiger partial charge >= 0.3 is 5.97 Å². The molecule has 1 rings (SSSR count). The van der Waals surface area contributed by atoms with Crippen molar-refractivity contribution >= 4 is 11.9 Å². The molecule has 2 N–H and O–H groups in total. The van der Waals surface area contributed by atoms with Gasteiger partial charge in [0, 0.05) is 18.2 Å². The van der Waals surface area contributed by atoms with Gasteiger partial charge in [0.25, 0.3) is 0 Å². The van der Waals surface area contributed by atoms with E-state index in [1.807, 2.05) is 0 Å². The molecule has 84 valence electrons. The van der Waals surface area contributed by atoms with E-state index in [-0.39, 0.29) is 22.8 Å². The van der Waals surface area contributed by atoms with Crippen LogP contribution in [-0.2, 0) is 9.59 Å². The summed E-state index contributed by atoms with van der Waals surface area (Å²) in [5.41, 5.74) is 0.138. The summed E-state index contributed by atoms with van der Waals surface area (Å²) in [5.74, 6) is -1.46. The molecule has 1 amide bonds. The lowest BCUT2D eigenvalue weighted by atomic mass is 10.0. The van der Waals surface area contributed by atoms with Gasteiger partial charge in [-0.05, 0) is 10.8 Å². The Morgan fingerprint density at radius 3 is 1.93 bits per heavy atom. The Morgan fingerprint density at radius 2 is 1.60 bits per heavy atom. The molecule has 1 fully saturated rings. The quantitative estimate of drug-likeness (QED) is 0.689. The maximum absolute atomic E-state index is 11.3. The highest BCUT2D eigenvalue weighted by Crippen LogP contribution is 2.62. The lowest BCUT2D eigenvalue weighted by Crippen LogP contribution is -2.28. The van der Waals surface area contributed by atoms with Crippen LogP contribution in [0.4, 0.5) is 0 Å². The summed E-state index contributed by atoms with van der Waals surface area (Å²) in [6.45, 7) is 8.33. The second kappa shape index (κ2) is 3.36. The summed E-state index contributed by atoms with van der Waals surface area (Å²) >= 11 is 0.